The van der Waals surface area contributed by atoms with E-state index in [4.69, 9.17) is 11.6 Å². The van der Waals surface area contributed by atoms with E-state index in [1.807, 2.05) is 35.4 Å². The van der Waals surface area contributed by atoms with Crippen LogP contribution in [0.5, 0.6) is 0 Å². The summed E-state index contributed by atoms with van der Waals surface area (Å²) < 4.78 is 0. The second-order valence-corrected chi connectivity index (χ2v) is 6.41. The summed E-state index contributed by atoms with van der Waals surface area (Å²) in [6.45, 7) is 0.647. The van der Waals surface area contributed by atoms with E-state index in [0.717, 1.165) is 23.3 Å². The fourth-order valence-electron chi connectivity index (χ4n) is 2.91. The first-order chi connectivity index (χ1) is 9.77. The summed E-state index contributed by atoms with van der Waals surface area (Å²) >= 11 is 7.55. The molecule has 0 spiro atoms. The van der Waals surface area contributed by atoms with Gasteiger partial charge >= 0.3 is 0 Å². The van der Waals surface area contributed by atoms with E-state index in [1.54, 1.807) is 11.8 Å². The second kappa shape index (κ2) is 7.94. The zero-order valence-electron chi connectivity index (χ0n) is 12.0. The molecule has 1 saturated carbocycles. The van der Waals surface area contributed by atoms with Crippen LogP contribution in [0, 0.1) is 0 Å². The fourth-order valence-corrected chi connectivity index (χ4v) is 3.68. The molecular formula is C16H22ClNOS. The van der Waals surface area contributed by atoms with Gasteiger partial charge in [-0.25, -0.2) is 0 Å². The van der Waals surface area contributed by atoms with Crippen LogP contribution in [0.4, 0.5) is 0 Å². The van der Waals surface area contributed by atoms with Crippen LogP contribution in [-0.4, -0.2) is 35.5 Å². The number of thioether (sulfide) groups is 1. The van der Waals surface area contributed by atoms with Crippen LogP contribution in [0.3, 0.4) is 0 Å². The molecule has 0 bridgehead atoms. The molecule has 1 amide bonds. The molecule has 2 rings (SSSR count). The monoisotopic (exact) mass is 311 g/mol. The van der Waals surface area contributed by atoms with Gasteiger partial charge in [0.15, 0.2) is 0 Å². The Balaban J connectivity index is 2.21. The smallest absolute Gasteiger partial charge is 0.255 e. The molecule has 110 valence electrons. The molecule has 0 heterocycles. The molecule has 2 nitrogen and oxygen atoms in total. The molecule has 20 heavy (non-hydrogen) atoms. The minimum absolute atomic E-state index is 0.141. The van der Waals surface area contributed by atoms with Crippen molar-refractivity contribution in [3.63, 3.8) is 0 Å². The third kappa shape index (κ3) is 3.70. The maximum atomic E-state index is 12.9. The molecule has 0 N–H and O–H groups in total. The van der Waals surface area contributed by atoms with Crippen LogP contribution in [0.1, 0.15) is 42.5 Å². The van der Waals surface area contributed by atoms with Crippen molar-refractivity contribution in [2.45, 2.75) is 43.0 Å². The summed E-state index contributed by atoms with van der Waals surface area (Å²) in [6.07, 6.45) is 7.98. The lowest BCUT2D eigenvalue weighted by atomic mass is 9.93. The van der Waals surface area contributed by atoms with Gasteiger partial charge in [-0.05, 0) is 31.2 Å². The molecule has 0 radical (unpaired) electrons. The van der Waals surface area contributed by atoms with Crippen LogP contribution in [-0.2, 0) is 0 Å². The van der Waals surface area contributed by atoms with Gasteiger partial charge in [-0.3, -0.25) is 4.79 Å². The van der Waals surface area contributed by atoms with Crippen molar-refractivity contribution >= 4 is 29.3 Å². The number of nitrogens with zero attached hydrogens (tertiary/aromatic N) is 1. The molecule has 1 aromatic rings. The summed E-state index contributed by atoms with van der Waals surface area (Å²) in [7, 11) is 0. The minimum Gasteiger partial charge on any atom is -0.334 e. The van der Waals surface area contributed by atoms with Crippen molar-refractivity contribution in [3.05, 3.63) is 29.8 Å². The van der Waals surface area contributed by atoms with Crippen molar-refractivity contribution in [1.82, 2.24) is 4.90 Å². The predicted molar refractivity (Wildman–Crippen MR) is 86.9 cm³/mol. The summed E-state index contributed by atoms with van der Waals surface area (Å²) in [5.41, 5.74) is 0.815. The lowest BCUT2D eigenvalue weighted by Crippen LogP contribution is -2.42. The standard InChI is InChI=1S/C16H22ClNOS/c1-20-15-10-6-5-9-14(15)16(19)18(12-11-17)13-7-3-2-4-8-13/h5-6,9-10,13H,2-4,7-8,11-12H2,1H3. The Labute approximate surface area is 130 Å². The Morgan fingerprint density at radius 2 is 2.00 bits per heavy atom. The number of benzene rings is 1. The maximum absolute atomic E-state index is 12.9. The van der Waals surface area contributed by atoms with Gasteiger partial charge in [0.25, 0.3) is 5.91 Å². The van der Waals surface area contributed by atoms with Gasteiger partial charge in [0, 0.05) is 23.4 Å². The lowest BCUT2D eigenvalue weighted by molar-refractivity contribution is 0.0646. The molecule has 4 heteroatoms. The summed E-state index contributed by atoms with van der Waals surface area (Å²) in [5, 5.41) is 0. The van der Waals surface area contributed by atoms with Gasteiger partial charge in [0.05, 0.1) is 5.56 Å². The molecular weight excluding hydrogens is 290 g/mol. The number of hydrogen-bond donors (Lipinski definition) is 0. The van der Waals surface area contributed by atoms with Gasteiger partial charge in [0.2, 0.25) is 0 Å². The Hall–Kier alpha value is -0.670. The van der Waals surface area contributed by atoms with Crippen molar-refractivity contribution < 1.29 is 4.79 Å². The zero-order chi connectivity index (χ0) is 14.4. The van der Waals surface area contributed by atoms with Crippen LogP contribution in [0.2, 0.25) is 0 Å². The number of alkyl halides is 1. The van der Waals surface area contributed by atoms with Crippen LogP contribution < -0.4 is 0 Å². The molecule has 0 atom stereocenters. The average molecular weight is 312 g/mol. The Bertz CT molecular complexity index is 446. The molecule has 0 unspecified atom stereocenters. The zero-order valence-corrected chi connectivity index (χ0v) is 13.6. The summed E-state index contributed by atoms with van der Waals surface area (Å²) in [4.78, 5) is 15.9. The van der Waals surface area contributed by atoms with Gasteiger partial charge in [-0.15, -0.1) is 23.4 Å². The third-order valence-electron chi connectivity index (χ3n) is 3.94. The summed E-state index contributed by atoms with van der Waals surface area (Å²) in [5.74, 6) is 0.645. The number of carbonyl (C=O) groups is 1. The quantitative estimate of drug-likeness (QED) is 0.592. The van der Waals surface area contributed by atoms with Crippen molar-refractivity contribution in [1.29, 1.82) is 0 Å². The van der Waals surface area contributed by atoms with E-state index < -0.39 is 0 Å². The Morgan fingerprint density at radius 1 is 1.30 bits per heavy atom. The number of carbonyl (C=O) groups excluding carboxylic acids is 1. The highest BCUT2D eigenvalue weighted by Crippen LogP contribution is 2.27. The van der Waals surface area contributed by atoms with Crippen LogP contribution >= 0.6 is 23.4 Å². The van der Waals surface area contributed by atoms with E-state index >= 15 is 0 Å². The predicted octanol–water partition coefficient (Wildman–Crippen LogP) is 4.42. The van der Waals surface area contributed by atoms with Gasteiger partial charge in [-0.1, -0.05) is 31.4 Å². The van der Waals surface area contributed by atoms with Crippen LogP contribution in [0.15, 0.2) is 29.2 Å². The minimum atomic E-state index is 0.141. The van der Waals surface area contributed by atoms with Gasteiger partial charge in [0.1, 0.15) is 0 Å². The highest BCUT2D eigenvalue weighted by molar-refractivity contribution is 7.98. The van der Waals surface area contributed by atoms with E-state index in [2.05, 4.69) is 0 Å². The number of hydrogen-bond acceptors (Lipinski definition) is 2. The third-order valence-corrected chi connectivity index (χ3v) is 4.90. The first-order valence-corrected chi connectivity index (χ1v) is 9.03. The summed E-state index contributed by atoms with van der Waals surface area (Å²) in [6, 6.07) is 8.22. The first kappa shape index (κ1) is 15.7. The lowest BCUT2D eigenvalue weighted by Gasteiger charge is -2.34. The van der Waals surface area contributed by atoms with Crippen molar-refractivity contribution in [3.8, 4) is 0 Å². The van der Waals surface area contributed by atoms with Crippen molar-refractivity contribution in [2.75, 3.05) is 18.7 Å². The normalized spacial score (nSPS) is 16.1. The molecule has 1 fully saturated rings. The molecule has 1 aliphatic rings. The van der Waals surface area contributed by atoms with Gasteiger partial charge in [-0.2, -0.15) is 0 Å². The van der Waals surface area contributed by atoms with Crippen molar-refractivity contribution in [2.24, 2.45) is 0 Å². The van der Waals surface area contributed by atoms with Gasteiger partial charge < -0.3 is 4.90 Å². The second-order valence-electron chi connectivity index (χ2n) is 5.18. The first-order valence-electron chi connectivity index (χ1n) is 7.28. The van der Waals surface area contributed by atoms with E-state index in [-0.39, 0.29) is 5.91 Å². The molecule has 0 aliphatic heterocycles. The maximum Gasteiger partial charge on any atom is 0.255 e. The Kier molecular flexibility index (Phi) is 6.24. The molecule has 0 aromatic heterocycles. The number of rotatable bonds is 5. The number of halogens is 1. The highest BCUT2D eigenvalue weighted by Gasteiger charge is 2.26. The molecule has 0 saturated heterocycles. The molecule has 1 aliphatic carbocycles. The average Bonchev–Trinajstić information content (AvgIpc) is 2.52. The SMILES string of the molecule is CSc1ccccc1C(=O)N(CCCl)C1CCCCC1. The van der Waals surface area contributed by atoms with E-state index in [1.165, 1.54) is 19.3 Å². The largest absolute Gasteiger partial charge is 0.334 e. The number of amides is 1. The highest BCUT2D eigenvalue weighted by atomic mass is 35.5. The van der Waals surface area contributed by atoms with E-state index in [0.29, 0.717) is 18.5 Å². The molecule has 1 aromatic carbocycles. The topological polar surface area (TPSA) is 20.3 Å². The van der Waals surface area contributed by atoms with Crippen LogP contribution in [0.25, 0.3) is 0 Å². The van der Waals surface area contributed by atoms with E-state index in [9.17, 15) is 4.79 Å². The fraction of sp³-hybridized carbons (Fsp3) is 0.562. The Morgan fingerprint density at radius 3 is 2.65 bits per heavy atom.